The van der Waals surface area contributed by atoms with Crippen LogP contribution in [-0.4, -0.2) is 39.8 Å². The van der Waals surface area contributed by atoms with E-state index in [1.54, 1.807) is 12.1 Å². The van der Waals surface area contributed by atoms with E-state index in [1.807, 2.05) is 0 Å². The molecule has 0 saturated heterocycles. The summed E-state index contributed by atoms with van der Waals surface area (Å²) in [6.45, 7) is 0.340. The van der Waals surface area contributed by atoms with Crippen LogP contribution in [0.5, 0.6) is 0 Å². The van der Waals surface area contributed by atoms with Gasteiger partial charge in [0, 0.05) is 13.1 Å². The summed E-state index contributed by atoms with van der Waals surface area (Å²) < 4.78 is 25.2. The van der Waals surface area contributed by atoms with Crippen LogP contribution in [0.2, 0.25) is 0 Å². The van der Waals surface area contributed by atoms with Crippen molar-refractivity contribution in [2.45, 2.75) is 11.4 Å². The quantitative estimate of drug-likeness (QED) is 0.559. The van der Waals surface area contributed by atoms with Crippen LogP contribution in [0.3, 0.4) is 0 Å². The first kappa shape index (κ1) is 15.4. The Hall–Kier alpha value is -1.64. The summed E-state index contributed by atoms with van der Waals surface area (Å²) >= 11 is 0. The van der Waals surface area contributed by atoms with Gasteiger partial charge in [0.15, 0.2) is 0 Å². The van der Waals surface area contributed by atoms with Gasteiger partial charge in [-0.25, -0.2) is 17.9 Å². The fourth-order valence-corrected chi connectivity index (χ4v) is 2.05. The molecular formula is C11H17N3O4S. The maximum atomic E-state index is 11.5. The molecule has 7 nitrogen and oxygen atoms in total. The van der Waals surface area contributed by atoms with Gasteiger partial charge in [0.25, 0.3) is 0 Å². The molecule has 1 aromatic rings. The molecule has 1 aromatic carbocycles. The molecule has 0 atom stereocenters. The second kappa shape index (κ2) is 7.07. The fourth-order valence-electron chi connectivity index (χ4n) is 1.32. The third-order valence-electron chi connectivity index (χ3n) is 2.35. The van der Waals surface area contributed by atoms with Crippen LogP contribution in [0, 0.1) is 0 Å². The molecule has 0 bridgehead atoms. The fraction of sp³-hybridized carbons (Fsp3) is 0.364. The smallest absolute Gasteiger partial charge is 0.315 e. The van der Waals surface area contributed by atoms with Gasteiger partial charge in [-0.2, -0.15) is 0 Å². The van der Waals surface area contributed by atoms with Gasteiger partial charge in [0.1, 0.15) is 0 Å². The minimum Gasteiger partial charge on any atom is -0.395 e. The van der Waals surface area contributed by atoms with E-state index in [-0.39, 0.29) is 30.6 Å². The summed E-state index contributed by atoms with van der Waals surface area (Å²) in [6, 6.07) is 5.79. The summed E-state index contributed by atoms with van der Waals surface area (Å²) in [4.78, 5) is 11.4. The molecule has 0 radical (unpaired) electrons. The first-order valence-corrected chi connectivity index (χ1v) is 7.13. The lowest BCUT2D eigenvalue weighted by Gasteiger charge is -2.07. The molecule has 1 rings (SSSR count). The number of benzene rings is 1. The molecule has 0 fully saturated rings. The minimum atomic E-state index is -3.44. The van der Waals surface area contributed by atoms with Crippen molar-refractivity contribution in [2.75, 3.05) is 20.2 Å². The molecule has 0 aromatic heterocycles. The maximum Gasteiger partial charge on any atom is 0.315 e. The highest BCUT2D eigenvalue weighted by molar-refractivity contribution is 7.89. The Balaban J connectivity index is 2.56. The first-order chi connectivity index (χ1) is 8.99. The van der Waals surface area contributed by atoms with Crippen LogP contribution in [0.1, 0.15) is 5.56 Å². The average Bonchev–Trinajstić information content (AvgIpc) is 2.43. The van der Waals surface area contributed by atoms with E-state index in [1.165, 1.54) is 19.2 Å². The van der Waals surface area contributed by atoms with Crippen LogP contribution in [-0.2, 0) is 16.6 Å². The Bertz CT molecular complexity index is 513. The molecule has 0 aliphatic rings. The summed E-state index contributed by atoms with van der Waals surface area (Å²) in [5, 5.41) is 13.5. The first-order valence-electron chi connectivity index (χ1n) is 5.64. The van der Waals surface area contributed by atoms with E-state index in [0.717, 1.165) is 5.56 Å². The van der Waals surface area contributed by atoms with E-state index in [9.17, 15) is 13.2 Å². The number of carbonyl (C=O) groups excluding carboxylic acids is 1. The average molecular weight is 287 g/mol. The number of nitrogens with one attached hydrogen (secondary N) is 3. The number of aliphatic hydroxyl groups is 1. The number of urea groups is 1. The molecule has 0 spiro atoms. The topological polar surface area (TPSA) is 108 Å². The van der Waals surface area contributed by atoms with Crippen molar-refractivity contribution in [1.82, 2.24) is 15.4 Å². The highest BCUT2D eigenvalue weighted by atomic mass is 32.2. The second-order valence-electron chi connectivity index (χ2n) is 3.68. The van der Waals surface area contributed by atoms with Gasteiger partial charge in [-0.05, 0) is 24.7 Å². The summed E-state index contributed by atoms with van der Waals surface area (Å²) in [5.41, 5.74) is 0.772. The van der Waals surface area contributed by atoms with Gasteiger partial charge in [0.2, 0.25) is 10.0 Å². The number of hydrogen-bond donors (Lipinski definition) is 4. The zero-order chi connectivity index (χ0) is 14.3. The second-order valence-corrected chi connectivity index (χ2v) is 5.57. The zero-order valence-corrected chi connectivity index (χ0v) is 11.3. The van der Waals surface area contributed by atoms with Crippen LogP contribution in [0.25, 0.3) is 0 Å². The Labute approximate surface area is 112 Å². The van der Waals surface area contributed by atoms with Crippen molar-refractivity contribution >= 4 is 16.1 Å². The molecule has 0 unspecified atom stereocenters. The zero-order valence-electron chi connectivity index (χ0n) is 10.5. The highest BCUT2D eigenvalue weighted by Gasteiger charge is 2.10. The van der Waals surface area contributed by atoms with Gasteiger partial charge in [-0.1, -0.05) is 12.1 Å². The van der Waals surface area contributed by atoms with Crippen LogP contribution in [0.15, 0.2) is 29.2 Å². The van der Waals surface area contributed by atoms with Crippen molar-refractivity contribution in [1.29, 1.82) is 0 Å². The molecule has 0 aliphatic heterocycles. The van der Waals surface area contributed by atoms with E-state index in [0.29, 0.717) is 0 Å². The SMILES string of the molecule is CNS(=O)(=O)c1ccc(CNC(=O)NCCO)cc1. The molecular weight excluding hydrogens is 270 g/mol. The third kappa shape index (κ3) is 4.86. The predicted octanol–water partition coefficient (Wildman–Crippen LogP) is -0.614. The van der Waals surface area contributed by atoms with Crippen molar-refractivity contribution in [3.8, 4) is 0 Å². The number of amides is 2. The Morgan fingerprint density at radius 2 is 1.84 bits per heavy atom. The van der Waals surface area contributed by atoms with Gasteiger partial charge >= 0.3 is 6.03 Å². The summed E-state index contributed by atoms with van der Waals surface area (Å²) in [7, 11) is -2.09. The van der Waals surface area contributed by atoms with Gasteiger partial charge in [0.05, 0.1) is 11.5 Å². The normalized spacial score (nSPS) is 11.1. The number of rotatable bonds is 6. The summed E-state index contributed by atoms with van der Waals surface area (Å²) in [5.74, 6) is 0. The summed E-state index contributed by atoms with van der Waals surface area (Å²) in [6.07, 6.45) is 0. The van der Waals surface area contributed by atoms with Crippen LogP contribution in [0.4, 0.5) is 4.79 Å². The lowest BCUT2D eigenvalue weighted by Crippen LogP contribution is -2.36. The molecule has 4 N–H and O–H groups in total. The number of sulfonamides is 1. The molecule has 0 saturated carbocycles. The van der Waals surface area contributed by atoms with Crippen molar-refractivity contribution in [2.24, 2.45) is 0 Å². The van der Waals surface area contributed by atoms with Crippen molar-refractivity contribution < 1.29 is 18.3 Å². The van der Waals surface area contributed by atoms with E-state index in [4.69, 9.17) is 5.11 Å². The van der Waals surface area contributed by atoms with Gasteiger partial charge in [-0.15, -0.1) is 0 Å². The third-order valence-corrected chi connectivity index (χ3v) is 3.78. The number of carbonyl (C=O) groups is 1. The molecule has 0 heterocycles. The largest absolute Gasteiger partial charge is 0.395 e. The Morgan fingerprint density at radius 1 is 1.21 bits per heavy atom. The highest BCUT2D eigenvalue weighted by Crippen LogP contribution is 2.09. The van der Waals surface area contributed by atoms with Gasteiger partial charge < -0.3 is 15.7 Å². The molecule has 2 amide bonds. The minimum absolute atomic E-state index is 0.121. The van der Waals surface area contributed by atoms with Crippen LogP contribution >= 0.6 is 0 Å². The molecule has 106 valence electrons. The van der Waals surface area contributed by atoms with E-state index in [2.05, 4.69) is 15.4 Å². The van der Waals surface area contributed by atoms with E-state index < -0.39 is 10.0 Å². The van der Waals surface area contributed by atoms with Crippen LogP contribution < -0.4 is 15.4 Å². The Kier molecular flexibility index (Phi) is 5.74. The number of hydrogen-bond acceptors (Lipinski definition) is 4. The number of aliphatic hydroxyl groups excluding tert-OH is 1. The molecule has 8 heteroatoms. The lowest BCUT2D eigenvalue weighted by atomic mass is 10.2. The maximum absolute atomic E-state index is 11.5. The monoisotopic (exact) mass is 287 g/mol. The lowest BCUT2D eigenvalue weighted by molar-refractivity contribution is 0.234. The predicted molar refractivity (Wildman–Crippen MR) is 70.0 cm³/mol. The van der Waals surface area contributed by atoms with Gasteiger partial charge in [-0.3, -0.25) is 0 Å². The van der Waals surface area contributed by atoms with Crippen molar-refractivity contribution in [3.63, 3.8) is 0 Å². The standard InChI is InChI=1S/C11H17N3O4S/c1-12-19(17,18)10-4-2-9(3-5-10)8-14-11(16)13-6-7-15/h2-5,12,15H,6-8H2,1H3,(H2,13,14,16). The van der Waals surface area contributed by atoms with E-state index >= 15 is 0 Å². The van der Waals surface area contributed by atoms with Crippen molar-refractivity contribution in [3.05, 3.63) is 29.8 Å². The molecule has 19 heavy (non-hydrogen) atoms. The molecule has 0 aliphatic carbocycles. The Morgan fingerprint density at radius 3 is 2.37 bits per heavy atom.